The number of hydrogen-bond acceptors (Lipinski definition) is 6. The van der Waals surface area contributed by atoms with E-state index in [9.17, 15) is 14.4 Å². The number of rotatable bonds is 14. The molecule has 4 rings (SSSR count). The standard InChI is InChI=1S/C34H37N5O4/c1-2-43-28-17-15-26(16-18-28)29(22-38-32(40)27-8-4-3-5-9-27)33(41)39-23-30(31-10-6-7-19-36-31)34(42)37-21-25-13-11-24(20-35)12-14-25/h3-19,29-30H,2,20-23,35H2,1H3,(H,37,42)(H,38,40)(H,39,41)/t29-,30+/m1/s1. The van der Waals surface area contributed by atoms with Gasteiger partial charge in [-0.25, -0.2) is 0 Å². The zero-order valence-corrected chi connectivity index (χ0v) is 24.2. The summed E-state index contributed by atoms with van der Waals surface area (Å²) >= 11 is 0. The first-order valence-electron chi connectivity index (χ1n) is 14.3. The summed E-state index contributed by atoms with van der Waals surface area (Å²) in [4.78, 5) is 44.2. The molecular formula is C34H37N5O4. The first kappa shape index (κ1) is 30.9. The Morgan fingerprint density at radius 1 is 0.744 bits per heavy atom. The van der Waals surface area contributed by atoms with E-state index in [4.69, 9.17) is 10.5 Å². The molecular weight excluding hydrogens is 542 g/mol. The smallest absolute Gasteiger partial charge is 0.251 e. The van der Waals surface area contributed by atoms with E-state index < -0.39 is 11.8 Å². The Morgan fingerprint density at radius 2 is 1.40 bits per heavy atom. The molecule has 43 heavy (non-hydrogen) atoms. The molecule has 0 saturated carbocycles. The lowest BCUT2D eigenvalue weighted by atomic mass is 9.96. The molecule has 4 aromatic rings. The Labute approximate surface area is 251 Å². The number of benzene rings is 3. The highest BCUT2D eigenvalue weighted by Crippen LogP contribution is 2.21. The molecule has 1 aromatic heterocycles. The Kier molecular flexibility index (Phi) is 11.4. The molecule has 0 fully saturated rings. The van der Waals surface area contributed by atoms with Crippen molar-refractivity contribution in [2.24, 2.45) is 5.73 Å². The summed E-state index contributed by atoms with van der Waals surface area (Å²) in [5, 5.41) is 8.78. The van der Waals surface area contributed by atoms with Gasteiger partial charge in [-0.05, 0) is 60.0 Å². The van der Waals surface area contributed by atoms with Gasteiger partial charge in [-0.3, -0.25) is 19.4 Å². The number of pyridine rings is 1. The SMILES string of the molecule is CCOc1ccc([C@@H](CNC(=O)c2ccccc2)C(=O)NC[C@H](C(=O)NCc2ccc(CN)cc2)c2ccccn2)cc1. The van der Waals surface area contributed by atoms with Crippen LogP contribution in [0.2, 0.25) is 0 Å². The molecule has 0 radical (unpaired) electrons. The van der Waals surface area contributed by atoms with Gasteiger partial charge in [0.15, 0.2) is 0 Å². The zero-order chi connectivity index (χ0) is 30.4. The van der Waals surface area contributed by atoms with Crippen LogP contribution in [0.15, 0.2) is 103 Å². The summed E-state index contributed by atoms with van der Waals surface area (Å²) < 4.78 is 5.55. The van der Waals surface area contributed by atoms with Crippen LogP contribution in [0.3, 0.4) is 0 Å². The molecule has 0 unspecified atom stereocenters. The van der Waals surface area contributed by atoms with Gasteiger partial charge in [-0.2, -0.15) is 0 Å². The number of carbonyl (C=O) groups is 3. The lowest BCUT2D eigenvalue weighted by molar-refractivity contribution is -0.124. The minimum Gasteiger partial charge on any atom is -0.494 e. The number of aromatic nitrogens is 1. The lowest BCUT2D eigenvalue weighted by Crippen LogP contribution is -2.42. The van der Waals surface area contributed by atoms with Crippen LogP contribution in [0.1, 0.15) is 51.5 Å². The summed E-state index contributed by atoms with van der Waals surface area (Å²) in [6, 6.07) is 29.1. The quantitative estimate of drug-likeness (QED) is 0.180. The number of nitrogens with one attached hydrogen (secondary N) is 3. The minimum atomic E-state index is -0.728. The third-order valence-corrected chi connectivity index (χ3v) is 6.98. The molecule has 0 aliphatic carbocycles. The second-order valence-electron chi connectivity index (χ2n) is 9.92. The third kappa shape index (κ3) is 8.98. The van der Waals surface area contributed by atoms with E-state index in [0.29, 0.717) is 42.3 Å². The molecule has 5 N–H and O–H groups in total. The van der Waals surface area contributed by atoms with Crippen LogP contribution in [0.4, 0.5) is 0 Å². The van der Waals surface area contributed by atoms with Crippen LogP contribution in [-0.4, -0.2) is 42.4 Å². The van der Waals surface area contributed by atoms with Gasteiger partial charge < -0.3 is 26.4 Å². The average Bonchev–Trinajstić information content (AvgIpc) is 3.06. The van der Waals surface area contributed by atoms with Gasteiger partial charge in [-0.15, -0.1) is 0 Å². The van der Waals surface area contributed by atoms with Gasteiger partial charge in [0, 0.05) is 37.9 Å². The summed E-state index contributed by atoms with van der Waals surface area (Å²) in [5.74, 6) is -1.64. The minimum absolute atomic E-state index is 0.0218. The van der Waals surface area contributed by atoms with Gasteiger partial charge in [0.2, 0.25) is 11.8 Å². The van der Waals surface area contributed by atoms with Crippen molar-refractivity contribution in [2.45, 2.75) is 31.8 Å². The van der Waals surface area contributed by atoms with Crippen molar-refractivity contribution >= 4 is 17.7 Å². The zero-order valence-electron chi connectivity index (χ0n) is 24.2. The monoisotopic (exact) mass is 579 g/mol. The van der Waals surface area contributed by atoms with E-state index in [-0.39, 0.29) is 30.8 Å². The summed E-state index contributed by atoms with van der Waals surface area (Å²) in [6.45, 7) is 3.27. The van der Waals surface area contributed by atoms with E-state index >= 15 is 0 Å². The predicted octanol–water partition coefficient (Wildman–Crippen LogP) is 3.67. The van der Waals surface area contributed by atoms with Gasteiger partial charge in [0.25, 0.3) is 5.91 Å². The molecule has 0 saturated heterocycles. The highest BCUT2D eigenvalue weighted by Gasteiger charge is 2.26. The maximum Gasteiger partial charge on any atom is 0.251 e. The maximum absolute atomic E-state index is 13.6. The van der Waals surface area contributed by atoms with Crippen molar-refractivity contribution in [1.82, 2.24) is 20.9 Å². The fourth-order valence-electron chi connectivity index (χ4n) is 4.56. The van der Waals surface area contributed by atoms with Crippen molar-refractivity contribution in [2.75, 3.05) is 19.7 Å². The fraction of sp³-hybridized carbons (Fsp3) is 0.235. The normalized spacial score (nSPS) is 12.0. The van der Waals surface area contributed by atoms with Crippen LogP contribution < -0.4 is 26.4 Å². The van der Waals surface area contributed by atoms with Gasteiger partial charge in [0.05, 0.1) is 24.1 Å². The molecule has 3 amide bonds. The first-order chi connectivity index (χ1) is 21.0. The molecule has 0 bridgehead atoms. The average molecular weight is 580 g/mol. The number of hydrogen-bond donors (Lipinski definition) is 4. The molecule has 0 aliphatic heterocycles. The summed E-state index contributed by atoms with van der Waals surface area (Å²) in [5.41, 5.74) is 9.36. The molecule has 9 nitrogen and oxygen atoms in total. The highest BCUT2D eigenvalue weighted by atomic mass is 16.5. The number of nitrogens with zero attached hydrogens (tertiary/aromatic N) is 1. The molecule has 2 atom stereocenters. The van der Waals surface area contributed by atoms with Crippen molar-refractivity contribution in [3.8, 4) is 5.75 Å². The Morgan fingerprint density at radius 3 is 2.05 bits per heavy atom. The molecule has 0 aliphatic rings. The fourth-order valence-corrected chi connectivity index (χ4v) is 4.56. The van der Waals surface area contributed by atoms with Crippen LogP contribution in [0.25, 0.3) is 0 Å². The molecule has 9 heteroatoms. The number of amides is 3. The number of ether oxygens (including phenoxy) is 1. The molecule has 0 spiro atoms. The van der Waals surface area contributed by atoms with Crippen LogP contribution >= 0.6 is 0 Å². The van der Waals surface area contributed by atoms with Crippen LogP contribution in [0.5, 0.6) is 5.75 Å². The molecule has 3 aromatic carbocycles. The third-order valence-electron chi connectivity index (χ3n) is 6.98. The van der Waals surface area contributed by atoms with E-state index in [1.807, 2.05) is 49.4 Å². The van der Waals surface area contributed by atoms with E-state index in [1.54, 1.807) is 60.8 Å². The first-order valence-corrected chi connectivity index (χ1v) is 14.3. The summed E-state index contributed by atoms with van der Waals surface area (Å²) in [7, 11) is 0. The van der Waals surface area contributed by atoms with Gasteiger partial charge in [-0.1, -0.05) is 60.7 Å². The Balaban J connectivity index is 1.48. The van der Waals surface area contributed by atoms with Gasteiger partial charge >= 0.3 is 0 Å². The topological polar surface area (TPSA) is 135 Å². The second kappa shape index (κ2) is 15.8. The van der Waals surface area contributed by atoms with E-state index in [1.165, 1.54) is 0 Å². The van der Waals surface area contributed by atoms with E-state index in [0.717, 1.165) is 11.1 Å². The number of nitrogens with two attached hydrogens (primary N) is 1. The molecule has 222 valence electrons. The second-order valence-corrected chi connectivity index (χ2v) is 9.92. The van der Waals surface area contributed by atoms with Gasteiger partial charge in [0.1, 0.15) is 5.75 Å². The van der Waals surface area contributed by atoms with Crippen LogP contribution in [-0.2, 0) is 22.7 Å². The van der Waals surface area contributed by atoms with E-state index in [2.05, 4.69) is 20.9 Å². The molecule has 1 heterocycles. The largest absolute Gasteiger partial charge is 0.494 e. The Hall–Kier alpha value is -5.02. The Bertz CT molecular complexity index is 1460. The lowest BCUT2D eigenvalue weighted by Gasteiger charge is -2.21. The number of carbonyl (C=O) groups excluding carboxylic acids is 3. The maximum atomic E-state index is 13.6. The predicted molar refractivity (Wildman–Crippen MR) is 165 cm³/mol. The summed E-state index contributed by atoms with van der Waals surface area (Å²) in [6.07, 6.45) is 1.62. The van der Waals surface area contributed by atoms with Crippen molar-refractivity contribution < 1.29 is 19.1 Å². The highest BCUT2D eigenvalue weighted by molar-refractivity contribution is 5.95. The van der Waals surface area contributed by atoms with Crippen molar-refractivity contribution in [3.63, 3.8) is 0 Å². The van der Waals surface area contributed by atoms with Crippen LogP contribution in [0, 0.1) is 0 Å². The van der Waals surface area contributed by atoms with Crippen molar-refractivity contribution in [3.05, 3.63) is 131 Å². The van der Waals surface area contributed by atoms with Crippen molar-refractivity contribution in [1.29, 1.82) is 0 Å².